The van der Waals surface area contributed by atoms with E-state index in [-0.39, 0.29) is 18.3 Å². The van der Waals surface area contributed by atoms with Gasteiger partial charge in [0.05, 0.1) is 6.10 Å². The van der Waals surface area contributed by atoms with E-state index >= 15 is 0 Å². The number of amides is 1. The molecule has 0 aliphatic rings. The van der Waals surface area contributed by atoms with Gasteiger partial charge in [-0.15, -0.1) is 0 Å². The first-order valence-corrected chi connectivity index (χ1v) is 6.41. The molecule has 1 aromatic rings. The summed E-state index contributed by atoms with van der Waals surface area (Å²) in [5, 5.41) is 12.0. The highest BCUT2D eigenvalue weighted by molar-refractivity contribution is 5.77. The molecule has 0 aromatic heterocycles. The topological polar surface area (TPSA) is 58.6 Å². The lowest BCUT2D eigenvalue weighted by atomic mass is 10.1. The molecule has 0 unspecified atom stereocenters. The van der Waals surface area contributed by atoms with Crippen LogP contribution in [0.1, 0.15) is 38.4 Å². The van der Waals surface area contributed by atoms with Crippen LogP contribution in [0.5, 0.6) is 5.75 Å². The number of rotatable bonds is 7. The van der Waals surface area contributed by atoms with Gasteiger partial charge in [0.15, 0.2) is 18.2 Å². The van der Waals surface area contributed by atoms with Crippen LogP contribution in [-0.2, 0) is 4.79 Å². The molecule has 4 nitrogen and oxygen atoms in total. The normalized spacial score (nSPS) is 12.0. The Morgan fingerprint density at radius 2 is 2.26 bits per heavy atom. The molecule has 0 aliphatic carbocycles. The summed E-state index contributed by atoms with van der Waals surface area (Å²) in [6.45, 7) is 3.97. The maximum atomic E-state index is 13.6. The van der Waals surface area contributed by atoms with Crippen LogP contribution in [0, 0.1) is 5.82 Å². The third kappa shape index (κ3) is 5.26. The van der Waals surface area contributed by atoms with E-state index in [1.54, 1.807) is 13.0 Å². The minimum absolute atomic E-state index is 0.00930. The lowest BCUT2D eigenvalue weighted by Gasteiger charge is -2.10. The molecule has 0 saturated heterocycles. The molecule has 1 rings (SSSR count). The van der Waals surface area contributed by atoms with Gasteiger partial charge in [-0.1, -0.05) is 19.4 Å². The highest BCUT2D eigenvalue weighted by Crippen LogP contribution is 2.21. The largest absolute Gasteiger partial charge is 0.481 e. The summed E-state index contributed by atoms with van der Waals surface area (Å²) in [6.07, 6.45) is 1.17. The predicted octanol–water partition coefficient (Wildman–Crippen LogP) is 2.17. The number of carbonyl (C=O) groups excluding carboxylic acids is 1. The minimum atomic E-state index is -0.735. The van der Waals surface area contributed by atoms with Crippen LogP contribution in [0.25, 0.3) is 0 Å². The summed E-state index contributed by atoms with van der Waals surface area (Å²) in [5.41, 5.74) is 0.470. The third-order valence-corrected chi connectivity index (χ3v) is 2.65. The molecule has 106 valence electrons. The summed E-state index contributed by atoms with van der Waals surface area (Å²) in [5.74, 6) is -0.845. The lowest BCUT2D eigenvalue weighted by molar-refractivity contribution is -0.123. The Bertz CT molecular complexity index is 421. The Morgan fingerprint density at radius 1 is 1.53 bits per heavy atom. The van der Waals surface area contributed by atoms with Crippen molar-refractivity contribution in [1.82, 2.24) is 5.32 Å². The quantitative estimate of drug-likeness (QED) is 0.746. The first kappa shape index (κ1) is 15.4. The monoisotopic (exact) mass is 269 g/mol. The number of halogens is 1. The Hall–Kier alpha value is -1.62. The second-order valence-corrected chi connectivity index (χ2v) is 4.36. The fourth-order valence-corrected chi connectivity index (χ4v) is 1.49. The van der Waals surface area contributed by atoms with Gasteiger partial charge in [-0.25, -0.2) is 4.39 Å². The summed E-state index contributed by atoms with van der Waals surface area (Å²) >= 11 is 0. The van der Waals surface area contributed by atoms with Crippen molar-refractivity contribution in [2.75, 3.05) is 13.2 Å². The zero-order valence-corrected chi connectivity index (χ0v) is 11.3. The number of carbonyl (C=O) groups is 1. The fourth-order valence-electron chi connectivity index (χ4n) is 1.49. The minimum Gasteiger partial charge on any atom is -0.481 e. The summed E-state index contributed by atoms with van der Waals surface area (Å²) in [6, 6.07) is 4.18. The number of hydrogen-bond donors (Lipinski definition) is 2. The molecule has 0 heterocycles. The maximum Gasteiger partial charge on any atom is 0.257 e. The van der Waals surface area contributed by atoms with Crippen LogP contribution in [0.2, 0.25) is 0 Å². The average Bonchev–Trinajstić information content (AvgIpc) is 2.37. The highest BCUT2D eigenvalue weighted by Gasteiger charge is 2.09. The number of hydrogen-bond acceptors (Lipinski definition) is 3. The molecule has 2 N–H and O–H groups in total. The molecule has 1 amide bonds. The molecular formula is C14H20FNO3. The van der Waals surface area contributed by atoms with Crippen molar-refractivity contribution in [2.24, 2.45) is 0 Å². The van der Waals surface area contributed by atoms with E-state index in [2.05, 4.69) is 5.32 Å². The van der Waals surface area contributed by atoms with Crippen LogP contribution in [0.3, 0.4) is 0 Å². The number of benzene rings is 1. The van der Waals surface area contributed by atoms with Crippen LogP contribution in [-0.4, -0.2) is 24.2 Å². The second-order valence-electron chi connectivity index (χ2n) is 4.36. The molecule has 0 radical (unpaired) electrons. The van der Waals surface area contributed by atoms with Gasteiger partial charge in [0.2, 0.25) is 0 Å². The fraction of sp³-hybridized carbons (Fsp3) is 0.500. The van der Waals surface area contributed by atoms with Gasteiger partial charge in [-0.05, 0) is 31.0 Å². The lowest BCUT2D eigenvalue weighted by Crippen LogP contribution is -2.29. The zero-order chi connectivity index (χ0) is 14.3. The van der Waals surface area contributed by atoms with Gasteiger partial charge >= 0.3 is 0 Å². The average molecular weight is 269 g/mol. The summed E-state index contributed by atoms with van der Waals surface area (Å²) in [4.78, 5) is 11.4. The molecule has 0 spiro atoms. The van der Waals surface area contributed by atoms with E-state index in [0.717, 1.165) is 12.8 Å². The van der Waals surface area contributed by atoms with E-state index in [1.165, 1.54) is 12.1 Å². The van der Waals surface area contributed by atoms with Crippen LogP contribution < -0.4 is 10.1 Å². The molecular weight excluding hydrogens is 249 g/mol. The summed E-state index contributed by atoms with van der Waals surface area (Å²) in [7, 11) is 0. The number of unbranched alkanes of at least 4 members (excludes halogenated alkanes) is 1. The van der Waals surface area contributed by atoms with Gasteiger partial charge in [0, 0.05) is 6.54 Å². The van der Waals surface area contributed by atoms with Gasteiger partial charge in [0.25, 0.3) is 5.91 Å². The number of ether oxygens (including phenoxy) is 1. The molecule has 19 heavy (non-hydrogen) atoms. The van der Waals surface area contributed by atoms with Gasteiger partial charge in [0.1, 0.15) is 0 Å². The number of aliphatic hydroxyl groups is 1. The van der Waals surface area contributed by atoms with Crippen molar-refractivity contribution in [2.45, 2.75) is 32.8 Å². The van der Waals surface area contributed by atoms with Crippen molar-refractivity contribution in [1.29, 1.82) is 0 Å². The molecule has 0 saturated carbocycles. The SMILES string of the molecule is CCCCNC(=O)COc1ccc([C@@H](C)O)cc1F. The molecule has 1 atom stereocenters. The van der Waals surface area contributed by atoms with Crippen molar-refractivity contribution >= 4 is 5.91 Å². The van der Waals surface area contributed by atoms with E-state index in [9.17, 15) is 14.3 Å². The number of nitrogens with one attached hydrogen (secondary N) is 1. The van der Waals surface area contributed by atoms with Crippen molar-refractivity contribution in [3.63, 3.8) is 0 Å². The highest BCUT2D eigenvalue weighted by atomic mass is 19.1. The first-order chi connectivity index (χ1) is 9.04. The Kier molecular flexibility index (Phi) is 6.29. The second kappa shape index (κ2) is 7.74. The third-order valence-electron chi connectivity index (χ3n) is 2.65. The molecule has 5 heteroatoms. The maximum absolute atomic E-state index is 13.6. The van der Waals surface area contributed by atoms with Crippen molar-refractivity contribution in [3.05, 3.63) is 29.6 Å². The van der Waals surface area contributed by atoms with Crippen molar-refractivity contribution in [3.8, 4) is 5.75 Å². The Labute approximate surface area is 112 Å². The number of aliphatic hydroxyl groups excluding tert-OH is 1. The molecule has 1 aromatic carbocycles. The Morgan fingerprint density at radius 3 is 2.84 bits per heavy atom. The Balaban J connectivity index is 2.47. The zero-order valence-electron chi connectivity index (χ0n) is 11.3. The van der Waals surface area contributed by atoms with Gasteiger partial charge < -0.3 is 15.2 Å². The van der Waals surface area contributed by atoms with E-state index < -0.39 is 11.9 Å². The molecule has 0 aliphatic heterocycles. The standard InChI is InChI=1S/C14H20FNO3/c1-3-4-7-16-14(18)9-19-13-6-5-11(10(2)17)8-12(13)15/h5-6,8,10,17H,3-4,7,9H2,1-2H3,(H,16,18)/t10-/m1/s1. The van der Waals surface area contributed by atoms with E-state index in [4.69, 9.17) is 4.74 Å². The molecule has 0 bridgehead atoms. The van der Waals surface area contributed by atoms with Crippen molar-refractivity contribution < 1.29 is 19.0 Å². The van der Waals surface area contributed by atoms with E-state index in [0.29, 0.717) is 12.1 Å². The van der Waals surface area contributed by atoms with Crippen LogP contribution in [0.15, 0.2) is 18.2 Å². The predicted molar refractivity (Wildman–Crippen MR) is 70.4 cm³/mol. The van der Waals surface area contributed by atoms with Gasteiger partial charge in [-0.2, -0.15) is 0 Å². The molecule has 0 fully saturated rings. The smallest absolute Gasteiger partial charge is 0.257 e. The van der Waals surface area contributed by atoms with Gasteiger partial charge in [-0.3, -0.25) is 4.79 Å². The van der Waals surface area contributed by atoms with Crippen LogP contribution >= 0.6 is 0 Å². The van der Waals surface area contributed by atoms with Crippen LogP contribution in [0.4, 0.5) is 4.39 Å². The van der Waals surface area contributed by atoms with E-state index in [1.807, 2.05) is 6.92 Å². The first-order valence-electron chi connectivity index (χ1n) is 6.41. The summed E-state index contributed by atoms with van der Waals surface area (Å²) < 4.78 is 18.7.